The van der Waals surface area contributed by atoms with Crippen molar-refractivity contribution in [1.29, 1.82) is 0 Å². The Morgan fingerprint density at radius 1 is 0.800 bits per heavy atom. The fraction of sp³-hybridized carbons (Fsp3) is 0. The molecule has 0 rings (SSSR count). The molecule has 0 saturated carbocycles. The van der Waals surface area contributed by atoms with Crippen molar-refractivity contribution in [1.82, 2.24) is 0 Å². The van der Waals surface area contributed by atoms with Gasteiger partial charge >= 0.3 is 21.1 Å². The van der Waals surface area contributed by atoms with E-state index in [4.69, 9.17) is 0 Å². The maximum Gasteiger partial charge on any atom is 4.00 e. The van der Waals surface area contributed by atoms with Gasteiger partial charge in [-0.05, 0) is 0 Å². The van der Waals surface area contributed by atoms with Crippen LogP contribution in [0.4, 0.5) is 0 Å². The van der Waals surface area contributed by atoms with Crippen LogP contribution in [0.2, 0.25) is 0 Å². The SMILES string of the molecule is O.[O-2].[O-2].[Pd].[Pt+4]. The molecule has 0 aromatic heterocycles. The minimum absolute atomic E-state index is 0. The Bertz CT molecular complexity index is 6.85. The third-order valence-corrected chi connectivity index (χ3v) is 0. The van der Waals surface area contributed by atoms with Crippen molar-refractivity contribution in [3.63, 3.8) is 0 Å². The molecule has 0 saturated heterocycles. The van der Waals surface area contributed by atoms with Crippen molar-refractivity contribution >= 4 is 0 Å². The van der Waals surface area contributed by atoms with Crippen LogP contribution < -0.4 is 0 Å². The molecule has 0 aromatic carbocycles. The van der Waals surface area contributed by atoms with Crippen LogP contribution in [0.25, 0.3) is 0 Å². The molecule has 0 unspecified atom stereocenters. The molecule has 0 heterocycles. The van der Waals surface area contributed by atoms with Crippen LogP contribution in [0.5, 0.6) is 0 Å². The van der Waals surface area contributed by atoms with Crippen molar-refractivity contribution in [3.05, 3.63) is 0 Å². The summed E-state index contributed by atoms with van der Waals surface area (Å²) in [4.78, 5) is 0. The molecule has 0 aliphatic rings. The van der Waals surface area contributed by atoms with Crippen LogP contribution in [0.15, 0.2) is 0 Å². The zero-order valence-corrected chi connectivity index (χ0v) is 5.78. The van der Waals surface area contributed by atoms with Gasteiger partial charge in [-0.1, -0.05) is 0 Å². The van der Waals surface area contributed by atoms with E-state index in [1.165, 1.54) is 0 Å². The quantitative estimate of drug-likeness (QED) is 0.498. The third kappa shape index (κ3) is 36.0. The molecular formula is H2O3PdPt. The van der Waals surface area contributed by atoms with Crippen LogP contribution in [-0.2, 0) is 52.4 Å². The summed E-state index contributed by atoms with van der Waals surface area (Å²) >= 11 is 0. The van der Waals surface area contributed by atoms with E-state index in [1.807, 2.05) is 0 Å². The van der Waals surface area contributed by atoms with E-state index in [0.717, 1.165) is 0 Å². The van der Waals surface area contributed by atoms with E-state index in [2.05, 4.69) is 0 Å². The molecule has 0 atom stereocenters. The van der Waals surface area contributed by atoms with Gasteiger partial charge in [0.2, 0.25) is 0 Å². The molecule has 0 amide bonds. The van der Waals surface area contributed by atoms with Gasteiger partial charge in [-0.25, -0.2) is 0 Å². The molecular weight excluding hydrogens is 349 g/mol. The first-order valence-electron chi connectivity index (χ1n) is 0. The Hall–Kier alpha value is 1.23. The summed E-state index contributed by atoms with van der Waals surface area (Å²) in [5.74, 6) is 0. The second-order valence-electron chi connectivity index (χ2n) is 0. The topological polar surface area (TPSA) is 88.5 Å². The molecule has 3 nitrogen and oxygen atoms in total. The standard InChI is InChI=1S/H2O.2O.Pd.Pt/h1H2;;;;/q;2*-2;;+4. The largest absolute Gasteiger partial charge is 4.00 e. The molecule has 0 aliphatic carbocycles. The van der Waals surface area contributed by atoms with Gasteiger partial charge in [0.1, 0.15) is 0 Å². The maximum absolute atomic E-state index is 0. The van der Waals surface area contributed by atoms with E-state index in [9.17, 15) is 0 Å². The van der Waals surface area contributed by atoms with E-state index < -0.39 is 0 Å². The molecule has 0 spiro atoms. The Morgan fingerprint density at radius 3 is 0.800 bits per heavy atom. The van der Waals surface area contributed by atoms with E-state index in [0.29, 0.717) is 0 Å². The molecule has 0 fully saturated rings. The summed E-state index contributed by atoms with van der Waals surface area (Å²) < 4.78 is 0. The van der Waals surface area contributed by atoms with Gasteiger partial charge in [0.05, 0.1) is 0 Å². The van der Waals surface area contributed by atoms with Gasteiger partial charge in [-0.2, -0.15) is 0 Å². The summed E-state index contributed by atoms with van der Waals surface area (Å²) in [7, 11) is 0. The Morgan fingerprint density at radius 2 is 0.800 bits per heavy atom. The molecule has 0 radical (unpaired) electrons. The predicted molar refractivity (Wildman–Crippen MR) is 4.99 cm³/mol. The summed E-state index contributed by atoms with van der Waals surface area (Å²) in [5.41, 5.74) is 0. The molecule has 0 aromatic rings. The Labute approximate surface area is 58.0 Å². The number of hydrogen-bond donors (Lipinski definition) is 0. The summed E-state index contributed by atoms with van der Waals surface area (Å²) in [5, 5.41) is 0. The maximum atomic E-state index is 0. The van der Waals surface area contributed by atoms with Gasteiger partial charge < -0.3 is 16.4 Å². The van der Waals surface area contributed by atoms with E-state index in [1.54, 1.807) is 0 Å². The minimum Gasteiger partial charge on any atom is -2.00 e. The number of rotatable bonds is 0. The first-order valence-corrected chi connectivity index (χ1v) is 0. The van der Waals surface area contributed by atoms with Crippen LogP contribution in [0.3, 0.4) is 0 Å². The second kappa shape index (κ2) is 61.8. The molecule has 5 heteroatoms. The predicted octanol–water partition coefficient (Wildman–Crippen LogP) is -1.07. The van der Waals surface area contributed by atoms with Gasteiger partial charge in [0.25, 0.3) is 0 Å². The minimum atomic E-state index is 0. The first kappa shape index (κ1) is 113. The molecule has 2 N–H and O–H groups in total. The van der Waals surface area contributed by atoms with E-state index >= 15 is 0 Å². The van der Waals surface area contributed by atoms with Crippen molar-refractivity contribution in [2.24, 2.45) is 0 Å². The molecule has 0 aliphatic heterocycles. The zero-order chi connectivity index (χ0) is 0. The first-order chi connectivity index (χ1) is 0. The Kier molecular flexibility index (Phi) is 1390. The van der Waals surface area contributed by atoms with Crippen LogP contribution in [0.1, 0.15) is 0 Å². The van der Waals surface area contributed by atoms with Gasteiger partial charge in [0.15, 0.2) is 0 Å². The van der Waals surface area contributed by atoms with Gasteiger partial charge in [-0.3, -0.25) is 0 Å². The summed E-state index contributed by atoms with van der Waals surface area (Å²) in [6.07, 6.45) is 0. The average molecular weight is 352 g/mol. The molecule has 0 bridgehead atoms. The van der Waals surface area contributed by atoms with Crippen molar-refractivity contribution in [2.75, 3.05) is 0 Å². The molecule has 40 valence electrons. The third-order valence-electron chi connectivity index (χ3n) is 0. The van der Waals surface area contributed by atoms with Gasteiger partial charge in [-0.15, -0.1) is 0 Å². The zero-order valence-electron chi connectivity index (χ0n) is 1.95. The van der Waals surface area contributed by atoms with Crippen LogP contribution >= 0.6 is 0 Å². The smallest absolute Gasteiger partial charge is 2.00 e. The number of hydrogen-bond acceptors (Lipinski definition) is 0. The fourth-order valence-electron chi connectivity index (χ4n) is 0. The van der Waals surface area contributed by atoms with Crippen LogP contribution in [0, 0.1) is 0 Å². The van der Waals surface area contributed by atoms with Gasteiger partial charge in [0, 0.05) is 20.4 Å². The fourth-order valence-corrected chi connectivity index (χ4v) is 0. The molecule has 5 heavy (non-hydrogen) atoms. The van der Waals surface area contributed by atoms with Crippen molar-refractivity contribution in [3.8, 4) is 0 Å². The normalized spacial score (nSPS) is 0. The van der Waals surface area contributed by atoms with Crippen molar-refractivity contribution < 1.29 is 57.9 Å². The van der Waals surface area contributed by atoms with Crippen LogP contribution in [-0.4, -0.2) is 5.48 Å². The summed E-state index contributed by atoms with van der Waals surface area (Å²) in [6, 6.07) is 0. The average Bonchev–Trinajstić information content (AvgIpc) is 0. The monoisotopic (exact) mass is 351 g/mol. The summed E-state index contributed by atoms with van der Waals surface area (Å²) in [6.45, 7) is 0. The second-order valence-corrected chi connectivity index (χ2v) is 0. The van der Waals surface area contributed by atoms with E-state index in [-0.39, 0.29) is 57.9 Å². The Balaban J connectivity index is 0. The van der Waals surface area contributed by atoms with Crippen molar-refractivity contribution in [2.45, 2.75) is 0 Å².